The Labute approximate surface area is 145 Å². The first kappa shape index (κ1) is 18.6. The summed E-state index contributed by atoms with van der Waals surface area (Å²) in [6.45, 7) is 12.4. The molecule has 2 aromatic rings. The maximum atomic E-state index is 12.7. The maximum absolute atomic E-state index is 12.7. The van der Waals surface area contributed by atoms with Crippen molar-refractivity contribution in [2.75, 3.05) is 0 Å². The Morgan fingerprint density at radius 2 is 1.17 bits per heavy atom. The SMILES string of the molecule is CCc1ccc(C(C)(C)CC(=O)CC(C)(C)c2ccc(CC)o2)o1. The number of aryl methyl sites for hydroxylation is 2. The van der Waals surface area contributed by atoms with Gasteiger partial charge in [-0.15, -0.1) is 0 Å². The van der Waals surface area contributed by atoms with E-state index in [2.05, 4.69) is 41.5 Å². The van der Waals surface area contributed by atoms with Crippen LogP contribution in [0.3, 0.4) is 0 Å². The number of carbonyl (C=O) groups excluding carboxylic acids is 1. The maximum Gasteiger partial charge on any atom is 0.134 e. The Bertz CT molecular complexity index is 627. The van der Waals surface area contributed by atoms with Crippen LogP contribution in [0.1, 0.15) is 77.4 Å². The van der Waals surface area contributed by atoms with Crippen molar-refractivity contribution in [1.82, 2.24) is 0 Å². The Balaban J connectivity index is 2.05. The highest BCUT2D eigenvalue weighted by molar-refractivity contribution is 5.81. The summed E-state index contributed by atoms with van der Waals surface area (Å²) in [7, 11) is 0. The normalized spacial score (nSPS) is 12.6. The molecule has 132 valence electrons. The van der Waals surface area contributed by atoms with Crippen LogP contribution >= 0.6 is 0 Å². The van der Waals surface area contributed by atoms with Gasteiger partial charge < -0.3 is 8.83 Å². The zero-order valence-electron chi connectivity index (χ0n) is 15.9. The molecule has 0 aliphatic carbocycles. The highest BCUT2D eigenvalue weighted by atomic mass is 16.3. The minimum absolute atomic E-state index is 0.230. The van der Waals surface area contributed by atoms with Gasteiger partial charge in [0.25, 0.3) is 0 Å². The van der Waals surface area contributed by atoms with Gasteiger partial charge in [0.15, 0.2) is 0 Å². The molecule has 0 saturated carbocycles. The summed E-state index contributed by atoms with van der Waals surface area (Å²) >= 11 is 0. The van der Waals surface area contributed by atoms with Crippen LogP contribution < -0.4 is 0 Å². The Hall–Kier alpha value is -1.77. The molecule has 3 heteroatoms. The Kier molecular flexibility index (Phi) is 5.42. The predicted octanol–water partition coefficient (Wildman–Crippen LogP) is 5.60. The lowest BCUT2D eigenvalue weighted by molar-refractivity contribution is -0.121. The fourth-order valence-electron chi connectivity index (χ4n) is 3.09. The highest BCUT2D eigenvalue weighted by Gasteiger charge is 2.32. The largest absolute Gasteiger partial charge is 0.466 e. The molecule has 0 amide bonds. The van der Waals surface area contributed by atoms with Gasteiger partial charge in [-0.05, 0) is 24.3 Å². The highest BCUT2D eigenvalue weighted by Crippen LogP contribution is 2.34. The zero-order chi connectivity index (χ0) is 18.0. The first-order valence-corrected chi connectivity index (χ1v) is 8.88. The van der Waals surface area contributed by atoms with E-state index < -0.39 is 0 Å². The summed E-state index contributed by atoms with van der Waals surface area (Å²) in [6.07, 6.45) is 2.67. The van der Waals surface area contributed by atoms with E-state index >= 15 is 0 Å². The fraction of sp³-hybridized carbons (Fsp3) is 0.571. The van der Waals surface area contributed by atoms with Crippen molar-refractivity contribution in [3.05, 3.63) is 47.3 Å². The van der Waals surface area contributed by atoms with Gasteiger partial charge in [-0.2, -0.15) is 0 Å². The zero-order valence-corrected chi connectivity index (χ0v) is 15.9. The summed E-state index contributed by atoms with van der Waals surface area (Å²) in [4.78, 5) is 12.7. The molecule has 0 fully saturated rings. The van der Waals surface area contributed by atoms with Crippen molar-refractivity contribution >= 4 is 5.78 Å². The predicted molar refractivity (Wildman–Crippen MR) is 96.5 cm³/mol. The van der Waals surface area contributed by atoms with E-state index in [4.69, 9.17) is 8.83 Å². The van der Waals surface area contributed by atoms with Gasteiger partial charge in [-0.25, -0.2) is 0 Å². The van der Waals surface area contributed by atoms with E-state index in [-0.39, 0.29) is 16.6 Å². The van der Waals surface area contributed by atoms with Crippen molar-refractivity contribution in [2.24, 2.45) is 0 Å². The van der Waals surface area contributed by atoms with E-state index in [0.717, 1.165) is 35.9 Å². The second-order valence-corrected chi connectivity index (χ2v) is 7.90. The average molecular weight is 330 g/mol. The molecule has 0 aliphatic heterocycles. The van der Waals surface area contributed by atoms with Crippen molar-refractivity contribution < 1.29 is 13.6 Å². The second kappa shape index (κ2) is 7.00. The molecular formula is C21H30O3. The molecule has 0 radical (unpaired) electrons. The van der Waals surface area contributed by atoms with Crippen LogP contribution in [0.4, 0.5) is 0 Å². The number of carbonyl (C=O) groups is 1. The molecule has 0 aromatic carbocycles. The first-order chi connectivity index (χ1) is 11.2. The lowest BCUT2D eigenvalue weighted by Crippen LogP contribution is -2.27. The molecule has 0 spiro atoms. The van der Waals surface area contributed by atoms with Gasteiger partial charge >= 0.3 is 0 Å². The van der Waals surface area contributed by atoms with Crippen LogP contribution in [-0.2, 0) is 28.5 Å². The van der Waals surface area contributed by atoms with Crippen molar-refractivity contribution in [3.8, 4) is 0 Å². The molecule has 0 N–H and O–H groups in total. The Morgan fingerprint density at radius 1 is 0.792 bits per heavy atom. The van der Waals surface area contributed by atoms with Crippen LogP contribution in [0.25, 0.3) is 0 Å². The molecule has 0 atom stereocenters. The lowest BCUT2D eigenvalue weighted by atomic mass is 9.78. The summed E-state index contributed by atoms with van der Waals surface area (Å²) in [5.74, 6) is 3.93. The third kappa shape index (κ3) is 4.19. The lowest BCUT2D eigenvalue weighted by Gasteiger charge is -2.25. The number of hydrogen-bond acceptors (Lipinski definition) is 3. The molecule has 0 unspecified atom stereocenters. The molecule has 0 bridgehead atoms. The summed E-state index contributed by atoms with van der Waals surface area (Å²) in [5, 5.41) is 0. The minimum atomic E-state index is -0.293. The number of rotatable bonds is 8. The monoisotopic (exact) mass is 330 g/mol. The van der Waals surface area contributed by atoms with Crippen molar-refractivity contribution in [1.29, 1.82) is 0 Å². The Morgan fingerprint density at radius 3 is 1.46 bits per heavy atom. The molecule has 24 heavy (non-hydrogen) atoms. The fourth-order valence-corrected chi connectivity index (χ4v) is 3.09. The molecular weight excluding hydrogens is 300 g/mol. The van der Waals surface area contributed by atoms with Crippen molar-refractivity contribution in [2.45, 2.75) is 78.1 Å². The van der Waals surface area contributed by atoms with E-state index in [1.54, 1.807) is 0 Å². The molecule has 0 aliphatic rings. The summed E-state index contributed by atoms with van der Waals surface area (Å²) in [6, 6.07) is 8.00. The van der Waals surface area contributed by atoms with Crippen LogP contribution in [0.15, 0.2) is 33.1 Å². The summed E-state index contributed by atoms with van der Waals surface area (Å²) in [5.41, 5.74) is -0.587. The van der Waals surface area contributed by atoms with E-state index in [0.29, 0.717) is 12.8 Å². The summed E-state index contributed by atoms with van der Waals surface area (Å²) < 4.78 is 11.7. The smallest absolute Gasteiger partial charge is 0.134 e. The van der Waals surface area contributed by atoms with Crippen LogP contribution in [0, 0.1) is 0 Å². The van der Waals surface area contributed by atoms with Crippen LogP contribution in [0.2, 0.25) is 0 Å². The minimum Gasteiger partial charge on any atom is -0.466 e. The van der Waals surface area contributed by atoms with Crippen LogP contribution in [-0.4, -0.2) is 5.78 Å². The van der Waals surface area contributed by atoms with Crippen molar-refractivity contribution in [3.63, 3.8) is 0 Å². The third-order valence-electron chi connectivity index (χ3n) is 4.63. The van der Waals surface area contributed by atoms with Gasteiger partial charge in [0.1, 0.15) is 28.8 Å². The second-order valence-electron chi connectivity index (χ2n) is 7.90. The van der Waals surface area contributed by atoms with E-state index in [9.17, 15) is 4.79 Å². The number of Topliss-reactive ketones (excluding diaryl/α,β-unsaturated/α-hetero) is 1. The number of ketones is 1. The third-order valence-corrected chi connectivity index (χ3v) is 4.63. The van der Waals surface area contributed by atoms with Gasteiger partial charge in [0.05, 0.1) is 0 Å². The average Bonchev–Trinajstić information content (AvgIpc) is 3.15. The van der Waals surface area contributed by atoms with Gasteiger partial charge in [-0.3, -0.25) is 4.79 Å². The number of hydrogen-bond donors (Lipinski definition) is 0. The standard InChI is InChI=1S/C21H30O3/c1-7-16-9-11-18(23-16)20(3,4)13-15(22)14-21(5,6)19-12-10-17(8-2)24-19/h9-12H,7-8,13-14H2,1-6H3. The van der Waals surface area contributed by atoms with Crippen LogP contribution in [0.5, 0.6) is 0 Å². The molecule has 2 rings (SSSR count). The van der Waals surface area contributed by atoms with Gasteiger partial charge in [-0.1, -0.05) is 41.5 Å². The van der Waals surface area contributed by atoms with Gasteiger partial charge in [0, 0.05) is 36.5 Å². The van der Waals surface area contributed by atoms with Gasteiger partial charge in [0.2, 0.25) is 0 Å². The molecule has 2 heterocycles. The topological polar surface area (TPSA) is 43.4 Å². The van der Waals surface area contributed by atoms with E-state index in [1.807, 2.05) is 24.3 Å². The van der Waals surface area contributed by atoms with E-state index in [1.165, 1.54) is 0 Å². The number of furan rings is 2. The first-order valence-electron chi connectivity index (χ1n) is 8.88. The quantitative estimate of drug-likeness (QED) is 0.632. The molecule has 2 aromatic heterocycles. The molecule has 3 nitrogen and oxygen atoms in total. The molecule has 0 saturated heterocycles.